The molecule has 0 bridgehead atoms. The van der Waals surface area contributed by atoms with Gasteiger partial charge < -0.3 is 10.6 Å². The van der Waals surface area contributed by atoms with Crippen molar-refractivity contribution in [2.75, 3.05) is 7.05 Å². The zero-order valence-electron chi connectivity index (χ0n) is 12.8. The van der Waals surface area contributed by atoms with E-state index in [-0.39, 0.29) is 17.2 Å². The summed E-state index contributed by atoms with van der Waals surface area (Å²) in [5.74, 6) is -0.354. The molecule has 0 radical (unpaired) electrons. The van der Waals surface area contributed by atoms with E-state index >= 15 is 0 Å². The van der Waals surface area contributed by atoms with Crippen LogP contribution in [-0.4, -0.2) is 24.9 Å². The zero-order chi connectivity index (χ0) is 15.4. The van der Waals surface area contributed by atoms with Crippen molar-refractivity contribution in [3.63, 3.8) is 0 Å². The van der Waals surface area contributed by atoms with E-state index in [2.05, 4.69) is 16.7 Å². The Bertz CT molecular complexity index is 669. The average molecular weight is 284 g/mol. The molecule has 2 amide bonds. The van der Waals surface area contributed by atoms with Crippen LogP contribution in [0, 0.1) is 5.41 Å². The van der Waals surface area contributed by atoms with E-state index in [1.165, 1.54) is 16.7 Å². The highest BCUT2D eigenvalue weighted by molar-refractivity contribution is 6.03. The second-order valence-corrected chi connectivity index (χ2v) is 6.79. The van der Waals surface area contributed by atoms with Crippen LogP contribution in [-0.2, 0) is 9.59 Å². The molecule has 0 aliphatic heterocycles. The summed E-state index contributed by atoms with van der Waals surface area (Å²) >= 11 is 0. The normalized spacial score (nSPS) is 20.1. The van der Waals surface area contributed by atoms with Crippen molar-refractivity contribution in [2.24, 2.45) is 5.41 Å². The van der Waals surface area contributed by atoms with Crippen molar-refractivity contribution in [2.45, 2.75) is 33.2 Å². The number of carbonyl (C=O) groups excluding carboxylic acids is 2. The van der Waals surface area contributed by atoms with Gasteiger partial charge in [0.2, 0.25) is 5.91 Å². The van der Waals surface area contributed by atoms with Gasteiger partial charge in [-0.2, -0.15) is 0 Å². The summed E-state index contributed by atoms with van der Waals surface area (Å²) in [5.41, 5.74) is 5.21. The lowest BCUT2D eigenvalue weighted by atomic mass is 9.86. The maximum Gasteiger partial charge on any atom is 0.252 e. The Morgan fingerprint density at radius 1 is 1.19 bits per heavy atom. The molecule has 3 aliphatic carbocycles. The second-order valence-electron chi connectivity index (χ2n) is 6.79. The first-order chi connectivity index (χ1) is 9.82. The average Bonchev–Trinajstić information content (AvgIpc) is 2.89. The molecule has 110 valence electrons. The maximum atomic E-state index is 12.5. The van der Waals surface area contributed by atoms with Gasteiger partial charge in [0.25, 0.3) is 5.91 Å². The molecule has 0 saturated heterocycles. The van der Waals surface area contributed by atoms with Crippen LogP contribution in [0.15, 0.2) is 46.1 Å². The number of fused-ring (bicyclic) bond motifs is 2. The van der Waals surface area contributed by atoms with Gasteiger partial charge in [-0.3, -0.25) is 9.59 Å². The lowest BCUT2D eigenvalue weighted by molar-refractivity contribution is -0.129. The van der Waals surface area contributed by atoms with Crippen LogP contribution in [0.2, 0.25) is 0 Å². The van der Waals surface area contributed by atoms with Crippen molar-refractivity contribution < 1.29 is 9.59 Å². The van der Waals surface area contributed by atoms with Gasteiger partial charge in [0, 0.05) is 12.6 Å². The zero-order valence-corrected chi connectivity index (χ0v) is 12.8. The van der Waals surface area contributed by atoms with Crippen LogP contribution in [0.1, 0.15) is 27.2 Å². The number of hydrogen-bond donors (Lipinski definition) is 2. The Morgan fingerprint density at radius 3 is 2.52 bits per heavy atom. The maximum absolute atomic E-state index is 12.5. The Hall–Kier alpha value is -2.10. The molecule has 2 N–H and O–H groups in total. The van der Waals surface area contributed by atoms with Crippen molar-refractivity contribution in [1.29, 1.82) is 0 Å². The highest BCUT2D eigenvalue weighted by Gasteiger charge is 2.37. The van der Waals surface area contributed by atoms with Gasteiger partial charge in [0.05, 0.1) is 0 Å². The van der Waals surface area contributed by atoms with Crippen molar-refractivity contribution in [1.82, 2.24) is 10.6 Å². The van der Waals surface area contributed by atoms with E-state index < -0.39 is 6.04 Å². The first kappa shape index (κ1) is 13.9. The van der Waals surface area contributed by atoms with Gasteiger partial charge in [-0.15, -0.1) is 0 Å². The SMILES string of the molecule is CNC(=O)[C@@H](NC(=O)C1=C2C=C3CC3=C2C=C1)C(C)(C)C. The van der Waals surface area contributed by atoms with Gasteiger partial charge in [0.1, 0.15) is 6.04 Å². The van der Waals surface area contributed by atoms with E-state index in [0.29, 0.717) is 5.57 Å². The number of carbonyl (C=O) groups is 2. The first-order valence-corrected chi connectivity index (χ1v) is 7.22. The van der Waals surface area contributed by atoms with Gasteiger partial charge in [-0.05, 0) is 46.3 Å². The highest BCUT2D eigenvalue weighted by atomic mass is 16.2. The number of likely N-dealkylation sites (N-methyl/N-ethyl adjacent to an activating group) is 1. The number of nitrogens with one attached hydrogen (secondary N) is 2. The summed E-state index contributed by atoms with van der Waals surface area (Å²) in [6.45, 7) is 5.82. The smallest absolute Gasteiger partial charge is 0.252 e. The van der Waals surface area contributed by atoms with E-state index in [0.717, 1.165) is 12.0 Å². The molecule has 4 nitrogen and oxygen atoms in total. The predicted molar refractivity (Wildman–Crippen MR) is 81.3 cm³/mol. The molecule has 0 unspecified atom stereocenters. The number of rotatable bonds is 3. The third-order valence-electron chi connectivity index (χ3n) is 4.17. The quantitative estimate of drug-likeness (QED) is 0.830. The minimum atomic E-state index is -0.559. The largest absolute Gasteiger partial charge is 0.357 e. The molecule has 21 heavy (non-hydrogen) atoms. The van der Waals surface area contributed by atoms with E-state index in [9.17, 15) is 9.59 Å². The molecule has 1 fully saturated rings. The summed E-state index contributed by atoms with van der Waals surface area (Å²) in [7, 11) is 1.59. The van der Waals surface area contributed by atoms with Crippen molar-refractivity contribution >= 4 is 11.8 Å². The number of amides is 2. The predicted octanol–water partition coefficient (Wildman–Crippen LogP) is 1.77. The van der Waals surface area contributed by atoms with Crippen molar-refractivity contribution in [3.8, 4) is 0 Å². The van der Waals surface area contributed by atoms with Crippen LogP contribution >= 0.6 is 0 Å². The first-order valence-electron chi connectivity index (χ1n) is 7.22. The monoisotopic (exact) mass is 284 g/mol. The van der Waals surface area contributed by atoms with E-state index in [1.54, 1.807) is 7.05 Å². The topological polar surface area (TPSA) is 58.2 Å². The molecular formula is C17H20N2O2. The number of allylic oxidation sites excluding steroid dienone is 6. The molecule has 0 aromatic carbocycles. The third-order valence-corrected chi connectivity index (χ3v) is 4.17. The Kier molecular flexibility index (Phi) is 2.94. The Morgan fingerprint density at radius 2 is 1.90 bits per heavy atom. The summed E-state index contributed by atoms with van der Waals surface area (Å²) in [4.78, 5) is 24.5. The lowest BCUT2D eigenvalue weighted by Crippen LogP contribution is -2.53. The standard InChI is InChI=1S/C17H20N2O2/c1-17(2,3)14(16(21)18-4)19-15(20)11-6-5-10-12-7-9(12)8-13(10)11/h5-6,8,14H,7H2,1-4H3,(H,18,21)(H,19,20)/t14-/m1/s1. The van der Waals surface area contributed by atoms with Crippen LogP contribution in [0.3, 0.4) is 0 Å². The minimum absolute atomic E-state index is 0.172. The minimum Gasteiger partial charge on any atom is -0.357 e. The van der Waals surface area contributed by atoms with Crippen LogP contribution in [0.4, 0.5) is 0 Å². The summed E-state index contributed by atoms with van der Waals surface area (Å²) in [6.07, 6.45) is 7.00. The molecule has 3 aliphatic rings. The second kappa shape index (κ2) is 4.45. The molecule has 1 atom stereocenters. The molecule has 3 rings (SSSR count). The fraction of sp³-hybridized carbons (Fsp3) is 0.412. The number of hydrogen-bond acceptors (Lipinski definition) is 2. The van der Waals surface area contributed by atoms with E-state index in [4.69, 9.17) is 0 Å². The van der Waals surface area contributed by atoms with Crippen LogP contribution in [0.5, 0.6) is 0 Å². The van der Waals surface area contributed by atoms with E-state index in [1.807, 2.05) is 32.9 Å². The summed E-state index contributed by atoms with van der Waals surface area (Å²) < 4.78 is 0. The lowest BCUT2D eigenvalue weighted by Gasteiger charge is -2.30. The third kappa shape index (κ3) is 2.24. The van der Waals surface area contributed by atoms with Gasteiger partial charge >= 0.3 is 0 Å². The molecule has 0 heterocycles. The van der Waals surface area contributed by atoms with Gasteiger partial charge in [0.15, 0.2) is 0 Å². The summed E-state index contributed by atoms with van der Waals surface area (Å²) in [6, 6.07) is -0.559. The van der Waals surface area contributed by atoms with Crippen LogP contribution < -0.4 is 10.6 Å². The Balaban J connectivity index is 1.82. The molecule has 0 aromatic rings. The highest BCUT2D eigenvalue weighted by Crippen LogP contribution is 2.51. The Labute approximate surface area is 124 Å². The molecular weight excluding hydrogens is 264 g/mol. The molecule has 4 heteroatoms. The van der Waals surface area contributed by atoms with Gasteiger partial charge in [-0.1, -0.05) is 26.8 Å². The fourth-order valence-corrected chi connectivity index (χ4v) is 2.86. The summed E-state index contributed by atoms with van der Waals surface area (Å²) in [5, 5.41) is 5.50. The molecule has 0 spiro atoms. The van der Waals surface area contributed by atoms with Gasteiger partial charge in [-0.25, -0.2) is 0 Å². The molecule has 0 aromatic heterocycles. The van der Waals surface area contributed by atoms with Crippen molar-refractivity contribution in [3.05, 3.63) is 46.1 Å². The fourth-order valence-electron chi connectivity index (χ4n) is 2.86. The van der Waals surface area contributed by atoms with Crippen LogP contribution in [0.25, 0.3) is 0 Å². The molecule has 1 saturated carbocycles.